The molecule has 0 saturated carbocycles. The number of benzene rings is 1. The zero-order chi connectivity index (χ0) is 14.4. The highest BCUT2D eigenvalue weighted by molar-refractivity contribution is 5.63. The molecule has 1 aromatic carbocycles. The van der Waals surface area contributed by atoms with E-state index in [1.54, 1.807) is 6.07 Å². The molecule has 1 aromatic rings. The van der Waals surface area contributed by atoms with E-state index >= 15 is 0 Å². The number of nitro groups is 1. The molecule has 8 heteroatoms. The maximum atomic E-state index is 10.8. The molecule has 4 N–H and O–H groups in total. The van der Waals surface area contributed by atoms with E-state index in [0.29, 0.717) is 17.9 Å². The summed E-state index contributed by atoms with van der Waals surface area (Å²) in [6.45, 7) is 4.96. The molecule has 110 valence electrons. The molecular weight excluding hydrogens is 262 g/mol. The number of ether oxygens (including phenoxy) is 1. The summed E-state index contributed by atoms with van der Waals surface area (Å²) in [6, 6.07) is 4.64. The van der Waals surface area contributed by atoms with Crippen LogP contribution in [0.5, 0.6) is 0 Å². The number of hydrogen-bond acceptors (Lipinski definition) is 7. The van der Waals surface area contributed by atoms with E-state index in [2.05, 4.69) is 15.6 Å². The Morgan fingerprint density at radius 2 is 2.00 bits per heavy atom. The van der Waals surface area contributed by atoms with Crippen molar-refractivity contribution in [1.82, 2.24) is 4.90 Å². The molecular formula is C12H19N5O3. The lowest BCUT2D eigenvalue weighted by Crippen LogP contribution is -2.39. The van der Waals surface area contributed by atoms with Crippen LogP contribution in [0.4, 0.5) is 17.1 Å². The first-order valence-electron chi connectivity index (χ1n) is 6.49. The molecule has 1 fully saturated rings. The lowest BCUT2D eigenvalue weighted by molar-refractivity contribution is -0.384. The highest BCUT2D eigenvalue weighted by atomic mass is 16.6. The fourth-order valence-electron chi connectivity index (χ4n) is 2.09. The van der Waals surface area contributed by atoms with Crippen LogP contribution in [0.1, 0.15) is 0 Å². The SMILES string of the molecule is NNc1cc(NCCN2CCOCC2)cc([N+](=O)[O-])c1. The maximum Gasteiger partial charge on any atom is 0.273 e. The summed E-state index contributed by atoms with van der Waals surface area (Å²) in [5.74, 6) is 5.31. The highest BCUT2D eigenvalue weighted by Gasteiger charge is 2.11. The molecule has 0 unspecified atom stereocenters. The van der Waals surface area contributed by atoms with E-state index in [1.807, 2.05) is 0 Å². The first-order valence-corrected chi connectivity index (χ1v) is 6.49. The third kappa shape index (κ3) is 4.05. The van der Waals surface area contributed by atoms with Crippen LogP contribution in [-0.4, -0.2) is 49.2 Å². The lowest BCUT2D eigenvalue weighted by atomic mass is 10.2. The van der Waals surface area contributed by atoms with Gasteiger partial charge in [0.15, 0.2) is 0 Å². The molecule has 0 spiro atoms. The molecule has 0 aliphatic carbocycles. The summed E-state index contributed by atoms with van der Waals surface area (Å²) in [6.07, 6.45) is 0. The molecule has 8 nitrogen and oxygen atoms in total. The number of anilines is 2. The van der Waals surface area contributed by atoms with Gasteiger partial charge in [0.05, 0.1) is 23.8 Å². The second-order valence-electron chi connectivity index (χ2n) is 4.55. The van der Waals surface area contributed by atoms with E-state index < -0.39 is 4.92 Å². The van der Waals surface area contributed by atoms with Crippen molar-refractivity contribution in [3.8, 4) is 0 Å². The second-order valence-corrected chi connectivity index (χ2v) is 4.55. The molecule has 0 radical (unpaired) electrons. The van der Waals surface area contributed by atoms with Gasteiger partial charge in [-0.25, -0.2) is 0 Å². The molecule has 1 saturated heterocycles. The van der Waals surface area contributed by atoms with E-state index in [-0.39, 0.29) is 5.69 Å². The quantitative estimate of drug-likeness (QED) is 0.399. The zero-order valence-corrected chi connectivity index (χ0v) is 11.2. The van der Waals surface area contributed by atoms with Crippen LogP contribution in [0, 0.1) is 10.1 Å². The molecule has 1 aliphatic heterocycles. The van der Waals surface area contributed by atoms with Crippen molar-refractivity contribution in [3.05, 3.63) is 28.3 Å². The Morgan fingerprint density at radius 3 is 2.65 bits per heavy atom. The monoisotopic (exact) mass is 281 g/mol. The van der Waals surface area contributed by atoms with Gasteiger partial charge >= 0.3 is 0 Å². The first kappa shape index (κ1) is 14.5. The molecule has 2 rings (SSSR count). The normalized spacial score (nSPS) is 15.8. The molecule has 0 atom stereocenters. The number of non-ortho nitro benzene ring substituents is 1. The third-order valence-electron chi connectivity index (χ3n) is 3.16. The Balaban J connectivity index is 1.91. The number of morpholine rings is 1. The number of nitrogens with one attached hydrogen (secondary N) is 2. The van der Waals surface area contributed by atoms with Crippen molar-refractivity contribution >= 4 is 17.1 Å². The summed E-state index contributed by atoms with van der Waals surface area (Å²) in [5.41, 5.74) is 3.63. The Morgan fingerprint density at radius 1 is 1.30 bits per heavy atom. The number of nitrogens with zero attached hydrogens (tertiary/aromatic N) is 2. The van der Waals surface area contributed by atoms with Crippen molar-refractivity contribution in [3.63, 3.8) is 0 Å². The van der Waals surface area contributed by atoms with Crippen LogP contribution in [0.15, 0.2) is 18.2 Å². The Hall–Kier alpha value is -1.90. The molecule has 0 bridgehead atoms. The average Bonchev–Trinajstić information content (AvgIpc) is 2.48. The minimum absolute atomic E-state index is 0.00863. The van der Waals surface area contributed by atoms with Crippen molar-refractivity contribution in [2.45, 2.75) is 0 Å². The van der Waals surface area contributed by atoms with Gasteiger partial charge in [0.2, 0.25) is 0 Å². The first-order chi connectivity index (χ1) is 9.69. The van der Waals surface area contributed by atoms with Crippen LogP contribution in [0.25, 0.3) is 0 Å². The largest absolute Gasteiger partial charge is 0.383 e. The van der Waals surface area contributed by atoms with Crippen LogP contribution in [0.3, 0.4) is 0 Å². The number of rotatable bonds is 6. The van der Waals surface area contributed by atoms with E-state index in [1.165, 1.54) is 12.1 Å². The van der Waals surface area contributed by atoms with Crippen molar-refractivity contribution < 1.29 is 9.66 Å². The third-order valence-corrected chi connectivity index (χ3v) is 3.16. The molecule has 0 aromatic heterocycles. The van der Waals surface area contributed by atoms with Crippen molar-refractivity contribution in [1.29, 1.82) is 0 Å². The van der Waals surface area contributed by atoms with Crippen LogP contribution < -0.4 is 16.6 Å². The van der Waals surface area contributed by atoms with Crippen molar-refractivity contribution in [2.75, 3.05) is 50.1 Å². The summed E-state index contributed by atoms with van der Waals surface area (Å²) in [4.78, 5) is 12.7. The van der Waals surface area contributed by atoms with Gasteiger partial charge in [-0.15, -0.1) is 0 Å². The Bertz CT molecular complexity index is 462. The van der Waals surface area contributed by atoms with Gasteiger partial charge in [-0.3, -0.25) is 20.9 Å². The zero-order valence-electron chi connectivity index (χ0n) is 11.2. The minimum atomic E-state index is -0.437. The molecule has 1 heterocycles. The van der Waals surface area contributed by atoms with Crippen molar-refractivity contribution in [2.24, 2.45) is 5.84 Å². The van der Waals surface area contributed by atoms with Crippen LogP contribution in [-0.2, 0) is 4.74 Å². The summed E-state index contributed by atoms with van der Waals surface area (Å²) in [5, 5.41) is 14.0. The number of nitro benzene ring substituents is 1. The predicted octanol–water partition coefficient (Wildman–Crippen LogP) is 0.625. The second kappa shape index (κ2) is 7.04. The van der Waals surface area contributed by atoms with Gasteiger partial charge < -0.3 is 15.5 Å². The van der Waals surface area contributed by atoms with Gasteiger partial charge in [0, 0.05) is 44.0 Å². The number of hydrazine groups is 1. The van der Waals surface area contributed by atoms with Gasteiger partial charge in [-0.2, -0.15) is 0 Å². The van der Waals surface area contributed by atoms with Gasteiger partial charge in [-0.05, 0) is 6.07 Å². The van der Waals surface area contributed by atoms with E-state index in [9.17, 15) is 10.1 Å². The topological polar surface area (TPSA) is 106 Å². The standard InChI is InChI=1S/C12H19N5O3/c13-15-11-7-10(8-12(9-11)17(18)19)14-1-2-16-3-5-20-6-4-16/h7-9,14-15H,1-6,13H2. The smallest absolute Gasteiger partial charge is 0.273 e. The van der Waals surface area contributed by atoms with E-state index in [4.69, 9.17) is 10.6 Å². The highest BCUT2D eigenvalue weighted by Crippen LogP contribution is 2.23. The minimum Gasteiger partial charge on any atom is -0.383 e. The molecule has 20 heavy (non-hydrogen) atoms. The fourth-order valence-corrected chi connectivity index (χ4v) is 2.09. The Labute approximate surface area is 117 Å². The number of nitrogens with two attached hydrogens (primary N) is 1. The number of hydrogen-bond donors (Lipinski definition) is 3. The maximum absolute atomic E-state index is 10.8. The van der Waals surface area contributed by atoms with Gasteiger partial charge in [0.1, 0.15) is 0 Å². The van der Waals surface area contributed by atoms with Crippen LogP contribution >= 0.6 is 0 Å². The lowest BCUT2D eigenvalue weighted by Gasteiger charge is -2.26. The predicted molar refractivity (Wildman–Crippen MR) is 76.7 cm³/mol. The Kier molecular flexibility index (Phi) is 5.10. The molecule has 0 amide bonds. The fraction of sp³-hybridized carbons (Fsp3) is 0.500. The van der Waals surface area contributed by atoms with E-state index in [0.717, 1.165) is 32.8 Å². The summed E-state index contributed by atoms with van der Waals surface area (Å²) >= 11 is 0. The molecule has 1 aliphatic rings. The average molecular weight is 281 g/mol. The van der Waals surface area contributed by atoms with Gasteiger partial charge in [0.25, 0.3) is 5.69 Å². The van der Waals surface area contributed by atoms with Crippen LogP contribution in [0.2, 0.25) is 0 Å². The summed E-state index contributed by atoms with van der Waals surface area (Å²) < 4.78 is 5.28. The van der Waals surface area contributed by atoms with Gasteiger partial charge in [-0.1, -0.05) is 0 Å². The summed E-state index contributed by atoms with van der Waals surface area (Å²) in [7, 11) is 0. The number of nitrogen functional groups attached to an aromatic ring is 1.